The van der Waals surface area contributed by atoms with Crippen LogP contribution in [0.15, 0.2) is 18.2 Å². The number of carbonyl (C=O) groups excluding carboxylic acids is 1. The maximum atomic E-state index is 12.3. The minimum Gasteiger partial charge on any atom is -0.332 e. The van der Waals surface area contributed by atoms with Gasteiger partial charge in [0.1, 0.15) is 0 Å². The van der Waals surface area contributed by atoms with Gasteiger partial charge in [-0.2, -0.15) is 0 Å². The van der Waals surface area contributed by atoms with E-state index in [0.29, 0.717) is 5.75 Å². The number of hydrogen-bond acceptors (Lipinski definition) is 2. The molecule has 0 aliphatic carbocycles. The van der Waals surface area contributed by atoms with Crippen molar-refractivity contribution in [3.8, 4) is 0 Å². The zero-order valence-corrected chi connectivity index (χ0v) is 15.1. The van der Waals surface area contributed by atoms with Crippen LogP contribution in [0.5, 0.6) is 0 Å². The van der Waals surface area contributed by atoms with Crippen molar-refractivity contribution in [3.05, 3.63) is 29.3 Å². The zero-order valence-electron chi connectivity index (χ0n) is 14.3. The molecule has 0 spiro atoms. The second kappa shape index (κ2) is 8.32. The first kappa shape index (κ1) is 18.7. The van der Waals surface area contributed by atoms with Gasteiger partial charge in [-0.25, -0.2) is 4.79 Å². The Morgan fingerprint density at radius 2 is 1.77 bits per heavy atom. The third-order valence-corrected chi connectivity index (χ3v) is 5.18. The molecule has 0 saturated carbocycles. The maximum absolute atomic E-state index is 12.3. The van der Waals surface area contributed by atoms with Gasteiger partial charge in [-0.1, -0.05) is 32.9 Å². The van der Waals surface area contributed by atoms with E-state index in [1.54, 1.807) is 6.26 Å². The summed E-state index contributed by atoms with van der Waals surface area (Å²) in [6.07, 6.45) is 4.40. The maximum Gasteiger partial charge on any atom is 0.319 e. The highest BCUT2D eigenvalue weighted by Gasteiger charge is 2.25. The quantitative estimate of drug-likeness (QED) is 0.797. The second-order valence-electron chi connectivity index (χ2n) is 5.73. The van der Waals surface area contributed by atoms with E-state index in [2.05, 4.69) is 31.4 Å². The number of amides is 2. The van der Waals surface area contributed by atoms with Gasteiger partial charge in [0.25, 0.3) is 0 Å². The predicted molar refractivity (Wildman–Crippen MR) is 94.7 cm³/mol. The van der Waals surface area contributed by atoms with E-state index in [0.717, 1.165) is 36.1 Å². The molecule has 124 valence electrons. The summed E-state index contributed by atoms with van der Waals surface area (Å²) in [4.78, 5) is 12.3. The van der Waals surface area contributed by atoms with Crippen molar-refractivity contribution in [1.82, 2.24) is 5.32 Å². The van der Waals surface area contributed by atoms with Gasteiger partial charge < -0.3 is 10.6 Å². The Labute approximate surface area is 136 Å². The Hall–Kier alpha value is -1.36. The summed E-state index contributed by atoms with van der Waals surface area (Å²) in [6.45, 7) is 8.23. The highest BCUT2D eigenvalue weighted by molar-refractivity contribution is 7.83. The fourth-order valence-corrected chi connectivity index (χ4v) is 3.35. The first-order chi connectivity index (χ1) is 10.4. The highest BCUT2D eigenvalue weighted by Crippen LogP contribution is 2.22. The summed E-state index contributed by atoms with van der Waals surface area (Å²) in [5.41, 5.74) is 2.60. The van der Waals surface area contributed by atoms with E-state index in [4.69, 9.17) is 0 Å². The van der Waals surface area contributed by atoms with Crippen molar-refractivity contribution in [2.75, 3.05) is 11.6 Å². The average molecular weight is 324 g/mol. The summed E-state index contributed by atoms with van der Waals surface area (Å²) in [7, 11) is -0.896. The Morgan fingerprint density at radius 3 is 2.27 bits per heavy atom. The van der Waals surface area contributed by atoms with Crippen LogP contribution in [0.2, 0.25) is 0 Å². The van der Waals surface area contributed by atoms with Gasteiger partial charge >= 0.3 is 6.03 Å². The second-order valence-corrected chi connectivity index (χ2v) is 7.16. The van der Waals surface area contributed by atoms with Crippen LogP contribution in [0.4, 0.5) is 10.5 Å². The molecule has 0 aliphatic rings. The number of rotatable bonds is 7. The van der Waals surface area contributed by atoms with Gasteiger partial charge in [0, 0.05) is 34.0 Å². The van der Waals surface area contributed by atoms with E-state index >= 15 is 0 Å². The Balaban J connectivity index is 2.86. The van der Waals surface area contributed by atoms with Crippen molar-refractivity contribution >= 4 is 22.5 Å². The summed E-state index contributed by atoms with van der Waals surface area (Å²) in [6, 6.07) is 5.54. The van der Waals surface area contributed by atoms with E-state index in [1.165, 1.54) is 0 Å². The lowest BCUT2D eigenvalue weighted by molar-refractivity contribution is 0.229. The number of benzene rings is 1. The van der Waals surface area contributed by atoms with Gasteiger partial charge in [-0.3, -0.25) is 4.21 Å². The van der Waals surface area contributed by atoms with Crippen LogP contribution in [-0.4, -0.2) is 22.0 Å². The largest absolute Gasteiger partial charge is 0.332 e. The third-order valence-electron chi connectivity index (χ3n) is 4.46. The lowest BCUT2D eigenvalue weighted by Gasteiger charge is -2.31. The van der Waals surface area contributed by atoms with Gasteiger partial charge in [0.05, 0.1) is 0 Å². The normalized spacial score (nSPS) is 12.8. The summed E-state index contributed by atoms with van der Waals surface area (Å²) in [5.74, 6) is 0.506. The first-order valence-electron chi connectivity index (χ1n) is 7.85. The van der Waals surface area contributed by atoms with E-state index in [1.807, 2.05) is 25.1 Å². The fourth-order valence-electron chi connectivity index (χ4n) is 2.60. The molecule has 1 aromatic carbocycles. The zero-order chi connectivity index (χ0) is 16.8. The van der Waals surface area contributed by atoms with Crippen LogP contribution >= 0.6 is 0 Å². The number of carbonyl (C=O) groups is 1. The molecule has 4 nitrogen and oxygen atoms in total. The lowest BCUT2D eigenvalue weighted by Crippen LogP contribution is -2.48. The van der Waals surface area contributed by atoms with Gasteiger partial charge in [0.15, 0.2) is 0 Å². The number of urea groups is 1. The Bertz CT molecular complexity index is 531. The molecule has 1 aromatic rings. The monoisotopic (exact) mass is 324 g/mol. The van der Waals surface area contributed by atoms with Crippen molar-refractivity contribution in [2.24, 2.45) is 0 Å². The molecule has 0 heterocycles. The summed E-state index contributed by atoms with van der Waals surface area (Å²) < 4.78 is 11.4. The smallest absolute Gasteiger partial charge is 0.319 e. The molecule has 22 heavy (non-hydrogen) atoms. The first-order valence-corrected chi connectivity index (χ1v) is 9.57. The topological polar surface area (TPSA) is 58.2 Å². The highest BCUT2D eigenvalue weighted by atomic mass is 32.2. The van der Waals surface area contributed by atoms with Crippen LogP contribution in [-0.2, 0) is 16.6 Å². The Kier molecular flexibility index (Phi) is 7.07. The van der Waals surface area contributed by atoms with Crippen LogP contribution < -0.4 is 10.6 Å². The van der Waals surface area contributed by atoms with Gasteiger partial charge in [-0.15, -0.1) is 0 Å². The number of nitrogens with one attached hydrogen (secondary N) is 2. The van der Waals surface area contributed by atoms with Gasteiger partial charge in [-0.05, 0) is 43.4 Å². The molecular weight excluding hydrogens is 296 g/mol. The molecule has 5 heteroatoms. The molecule has 0 unspecified atom stereocenters. The predicted octanol–water partition coefficient (Wildman–Crippen LogP) is 3.96. The molecule has 0 radical (unpaired) electrons. The molecule has 2 amide bonds. The molecule has 0 fully saturated rings. The van der Waals surface area contributed by atoms with Crippen LogP contribution in [0.3, 0.4) is 0 Å². The minimum atomic E-state index is -0.896. The molecule has 0 aromatic heterocycles. The molecule has 0 saturated heterocycles. The van der Waals surface area contributed by atoms with E-state index in [-0.39, 0.29) is 11.6 Å². The lowest BCUT2D eigenvalue weighted by atomic mass is 9.90. The number of anilines is 1. The Morgan fingerprint density at radius 1 is 1.18 bits per heavy atom. The number of hydrogen-bond donors (Lipinski definition) is 2. The fraction of sp³-hybridized carbons (Fsp3) is 0.588. The average Bonchev–Trinajstić information content (AvgIpc) is 2.48. The molecule has 0 bridgehead atoms. The van der Waals surface area contributed by atoms with Crippen molar-refractivity contribution in [3.63, 3.8) is 0 Å². The summed E-state index contributed by atoms with van der Waals surface area (Å²) >= 11 is 0. The van der Waals surface area contributed by atoms with Gasteiger partial charge in [0.2, 0.25) is 0 Å². The molecule has 1 atom stereocenters. The molecule has 0 aliphatic heterocycles. The van der Waals surface area contributed by atoms with E-state index < -0.39 is 10.8 Å². The van der Waals surface area contributed by atoms with Crippen LogP contribution in [0.25, 0.3) is 0 Å². The molecular formula is C17H28N2O2S. The third kappa shape index (κ3) is 4.83. The van der Waals surface area contributed by atoms with Crippen LogP contribution in [0, 0.1) is 6.92 Å². The minimum absolute atomic E-state index is 0.152. The van der Waals surface area contributed by atoms with Crippen molar-refractivity contribution in [1.29, 1.82) is 0 Å². The van der Waals surface area contributed by atoms with Crippen molar-refractivity contribution in [2.45, 2.75) is 58.2 Å². The van der Waals surface area contributed by atoms with E-state index in [9.17, 15) is 9.00 Å². The molecule has 2 N–H and O–H groups in total. The van der Waals surface area contributed by atoms with Crippen molar-refractivity contribution < 1.29 is 9.00 Å². The standard InChI is InChI=1S/C17H28N2O2S/c1-6-17(7-2,8-3)19-16(20)18-15-11-9-10-14(13(15)4)12-22(5)21/h9-11H,6-8,12H2,1-5H3,(H2,18,19,20)/t22-/m0/s1. The SMILES string of the molecule is CCC(CC)(CC)NC(=O)Nc1cccc(C[S@](C)=O)c1C. The summed E-state index contributed by atoms with van der Waals surface area (Å²) in [5, 5.41) is 6.04. The molecule has 1 rings (SSSR count). The van der Waals surface area contributed by atoms with Crippen LogP contribution in [0.1, 0.15) is 51.2 Å².